The summed E-state index contributed by atoms with van der Waals surface area (Å²) < 4.78 is 13.4. The Bertz CT molecular complexity index is 352. The first kappa shape index (κ1) is 11.0. The number of carbonyl (C=O) groups is 1. The molecule has 4 heteroatoms. The van der Waals surface area contributed by atoms with Gasteiger partial charge >= 0.3 is 5.97 Å². The molecule has 0 aliphatic rings. The van der Waals surface area contributed by atoms with E-state index in [1.54, 1.807) is 19.1 Å². The Labute approximate surface area is 86.3 Å². The third-order valence-electron chi connectivity index (χ3n) is 1.99. The molecular formula is C10H10ClFO2. The Morgan fingerprint density at radius 1 is 1.64 bits per heavy atom. The maximum Gasteiger partial charge on any atom is 0.303 e. The lowest BCUT2D eigenvalue weighted by atomic mass is 9.97. The smallest absolute Gasteiger partial charge is 0.303 e. The van der Waals surface area contributed by atoms with Gasteiger partial charge in [-0.05, 0) is 17.5 Å². The number of rotatable bonds is 3. The molecule has 0 spiro atoms. The van der Waals surface area contributed by atoms with E-state index in [-0.39, 0.29) is 17.4 Å². The lowest BCUT2D eigenvalue weighted by Gasteiger charge is -2.10. The number of benzene rings is 1. The average molecular weight is 217 g/mol. The fourth-order valence-corrected chi connectivity index (χ4v) is 1.45. The minimum atomic E-state index is -0.947. The highest BCUT2D eigenvalue weighted by Gasteiger charge is 2.15. The quantitative estimate of drug-likeness (QED) is 0.843. The van der Waals surface area contributed by atoms with Crippen LogP contribution in [-0.4, -0.2) is 11.1 Å². The van der Waals surface area contributed by atoms with Gasteiger partial charge in [-0.25, -0.2) is 4.39 Å². The molecule has 2 nitrogen and oxygen atoms in total. The van der Waals surface area contributed by atoms with E-state index in [4.69, 9.17) is 16.7 Å². The normalized spacial score (nSPS) is 12.5. The second-order valence-electron chi connectivity index (χ2n) is 3.14. The summed E-state index contributed by atoms with van der Waals surface area (Å²) >= 11 is 5.57. The predicted molar refractivity (Wildman–Crippen MR) is 52.1 cm³/mol. The number of hydrogen-bond donors (Lipinski definition) is 1. The van der Waals surface area contributed by atoms with Gasteiger partial charge in [-0.15, -0.1) is 0 Å². The fraction of sp³-hybridized carbons (Fsp3) is 0.300. The minimum Gasteiger partial charge on any atom is -0.481 e. The highest BCUT2D eigenvalue weighted by molar-refractivity contribution is 6.30. The van der Waals surface area contributed by atoms with Crippen LogP contribution in [0.5, 0.6) is 0 Å². The zero-order valence-electron chi connectivity index (χ0n) is 7.63. The summed E-state index contributed by atoms with van der Waals surface area (Å²) in [5.74, 6) is -1.84. The SMILES string of the molecule is C[C@H](CC(=O)O)c1cccc(Cl)c1F. The highest BCUT2D eigenvalue weighted by Crippen LogP contribution is 2.26. The monoisotopic (exact) mass is 216 g/mol. The number of carboxylic acid groups (broad SMARTS) is 1. The van der Waals surface area contributed by atoms with E-state index in [9.17, 15) is 9.18 Å². The summed E-state index contributed by atoms with van der Waals surface area (Å²) in [6.07, 6.45) is -0.0999. The first-order valence-corrected chi connectivity index (χ1v) is 4.56. The van der Waals surface area contributed by atoms with Gasteiger partial charge in [-0.3, -0.25) is 4.79 Å². The van der Waals surface area contributed by atoms with Crippen molar-refractivity contribution in [2.75, 3.05) is 0 Å². The summed E-state index contributed by atoms with van der Waals surface area (Å²) in [5.41, 5.74) is 0.347. The Hall–Kier alpha value is -1.09. The van der Waals surface area contributed by atoms with E-state index in [0.29, 0.717) is 5.56 Å². The van der Waals surface area contributed by atoms with Gasteiger partial charge in [0.25, 0.3) is 0 Å². The summed E-state index contributed by atoms with van der Waals surface area (Å²) in [6.45, 7) is 1.66. The molecule has 1 rings (SSSR count). The Morgan fingerprint density at radius 2 is 2.29 bits per heavy atom. The van der Waals surface area contributed by atoms with Crippen molar-refractivity contribution < 1.29 is 14.3 Å². The van der Waals surface area contributed by atoms with Crippen LogP contribution in [0.1, 0.15) is 24.8 Å². The van der Waals surface area contributed by atoms with Crippen LogP contribution < -0.4 is 0 Å². The van der Waals surface area contributed by atoms with Crippen LogP contribution in [0.3, 0.4) is 0 Å². The van der Waals surface area contributed by atoms with Gasteiger partial charge in [0.2, 0.25) is 0 Å². The molecule has 0 fully saturated rings. The van der Waals surface area contributed by atoms with E-state index in [0.717, 1.165) is 0 Å². The summed E-state index contributed by atoms with van der Waals surface area (Å²) in [6, 6.07) is 4.60. The topological polar surface area (TPSA) is 37.3 Å². The Balaban J connectivity index is 2.95. The van der Waals surface area contributed by atoms with Gasteiger partial charge < -0.3 is 5.11 Å². The van der Waals surface area contributed by atoms with Gasteiger partial charge in [-0.1, -0.05) is 30.7 Å². The zero-order valence-corrected chi connectivity index (χ0v) is 8.38. The lowest BCUT2D eigenvalue weighted by Crippen LogP contribution is -2.04. The van der Waals surface area contributed by atoms with E-state index in [1.807, 2.05) is 0 Å². The molecule has 0 aliphatic carbocycles. The molecule has 0 unspecified atom stereocenters. The molecule has 0 saturated carbocycles. The second kappa shape index (κ2) is 4.42. The molecule has 76 valence electrons. The Kier molecular flexibility index (Phi) is 3.47. The molecule has 0 heterocycles. The summed E-state index contributed by atoms with van der Waals surface area (Å²) in [5, 5.41) is 8.58. The molecule has 0 aliphatic heterocycles. The van der Waals surface area contributed by atoms with Crippen LogP contribution in [0.15, 0.2) is 18.2 Å². The largest absolute Gasteiger partial charge is 0.481 e. The molecule has 0 radical (unpaired) electrons. The third-order valence-corrected chi connectivity index (χ3v) is 2.29. The van der Waals surface area contributed by atoms with Crippen LogP contribution in [-0.2, 0) is 4.79 Å². The molecule has 0 bridgehead atoms. The minimum absolute atomic E-state index is 0.0275. The number of carboxylic acids is 1. The van der Waals surface area contributed by atoms with Gasteiger partial charge in [0.05, 0.1) is 11.4 Å². The fourth-order valence-electron chi connectivity index (χ4n) is 1.27. The first-order valence-electron chi connectivity index (χ1n) is 4.18. The molecule has 1 atom stereocenters. The lowest BCUT2D eigenvalue weighted by molar-refractivity contribution is -0.137. The van der Waals surface area contributed by atoms with Gasteiger partial charge in [0.1, 0.15) is 5.82 Å². The van der Waals surface area contributed by atoms with Crippen molar-refractivity contribution in [3.63, 3.8) is 0 Å². The number of hydrogen-bond acceptors (Lipinski definition) is 1. The molecule has 0 amide bonds. The first-order chi connectivity index (χ1) is 6.52. The molecule has 0 aromatic heterocycles. The van der Waals surface area contributed by atoms with Crippen molar-refractivity contribution in [1.82, 2.24) is 0 Å². The molecule has 1 aromatic rings. The highest BCUT2D eigenvalue weighted by atomic mass is 35.5. The van der Waals surface area contributed by atoms with Crippen molar-refractivity contribution >= 4 is 17.6 Å². The molecule has 1 aromatic carbocycles. The third kappa shape index (κ3) is 2.45. The maximum absolute atomic E-state index is 13.4. The standard InChI is InChI=1S/C10H10ClFO2/c1-6(5-9(13)14)7-3-2-4-8(11)10(7)12/h2-4,6H,5H2,1H3,(H,13,14)/t6-/m1/s1. The van der Waals surface area contributed by atoms with E-state index in [1.165, 1.54) is 6.07 Å². The van der Waals surface area contributed by atoms with Gasteiger partial charge in [-0.2, -0.15) is 0 Å². The van der Waals surface area contributed by atoms with Crippen LogP contribution >= 0.6 is 11.6 Å². The number of aliphatic carboxylic acids is 1. The summed E-state index contributed by atoms with van der Waals surface area (Å²) in [4.78, 5) is 10.4. The van der Waals surface area contributed by atoms with Crippen molar-refractivity contribution in [3.8, 4) is 0 Å². The maximum atomic E-state index is 13.4. The predicted octanol–water partition coefficient (Wildman–Crippen LogP) is 3.06. The van der Waals surface area contributed by atoms with Gasteiger partial charge in [0, 0.05) is 0 Å². The van der Waals surface area contributed by atoms with Crippen LogP contribution in [0.2, 0.25) is 5.02 Å². The van der Waals surface area contributed by atoms with Crippen molar-refractivity contribution in [3.05, 3.63) is 34.6 Å². The van der Waals surface area contributed by atoms with Crippen molar-refractivity contribution in [1.29, 1.82) is 0 Å². The van der Waals surface area contributed by atoms with E-state index < -0.39 is 11.8 Å². The Morgan fingerprint density at radius 3 is 2.86 bits per heavy atom. The molecule has 14 heavy (non-hydrogen) atoms. The summed E-state index contributed by atoms with van der Waals surface area (Å²) in [7, 11) is 0. The molecule has 1 N–H and O–H groups in total. The van der Waals surface area contributed by atoms with Crippen molar-refractivity contribution in [2.24, 2.45) is 0 Å². The van der Waals surface area contributed by atoms with Crippen LogP contribution in [0.25, 0.3) is 0 Å². The molecule has 0 saturated heterocycles. The average Bonchev–Trinajstić information content (AvgIpc) is 2.08. The van der Waals surface area contributed by atoms with Crippen LogP contribution in [0.4, 0.5) is 4.39 Å². The zero-order chi connectivity index (χ0) is 10.7. The van der Waals surface area contributed by atoms with E-state index in [2.05, 4.69) is 0 Å². The second-order valence-corrected chi connectivity index (χ2v) is 3.55. The van der Waals surface area contributed by atoms with Crippen molar-refractivity contribution in [2.45, 2.75) is 19.3 Å². The van der Waals surface area contributed by atoms with Gasteiger partial charge in [0.15, 0.2) is 0 Å². The number of halogens is 2. The van der Waals surface area contributed by atoms with Crippen LogP contribution in [0, 0.1) is 5.82 Å². The van der Waals surface area contributed by atoms with E-state index >= 15 is 0 Å². The molecular weight excluding hydrogens is 207 g/mol.